The van der Waals surface area contributed by atoms with Gasteiger partial charge in [0.25, 0.3) is 0 Å². The number of benzene rings is 1. The summed E-state index contributed by atoms with van der Waals surface area (Å²) in [7, 11) is 0. The van der Waals surface area contributed by atoms with E-state index in [1.807, 2.05) is 30.5 Å². The van der Waals surface area contributed by atoms with Crippen molar-refractivity contribution in [1.29, 1.82) is 0 Å². The zero-order chi connectivity index (χ0) is 15.2. The molecule has 0 spiro atoms. The topological polar surface area (TPSA) is 54.9 Å². The highest BCUT2D eigenvalue weighted by Crippen LogP contribution is 2.27. The third-order valence-electron chi connectivity index (χ3n) is 2.75. The molecule has 0 aliphatic rings. The fraction of sp³-hybridized carbons (Fsp3) is 0.357. The molecule has 1 N–H and O–H groups in total. The summed E-state index contributed by atoms with van der Waals surface area (Å²) in [6, 6.07) is 7.97. The molecule has 21 heavy (non-hydrogen) atoms. The summed E-state index contributed by atoms with van der Waals surface area (Å²) in [6.07, 6.45) is 1.96. The molecule has 0 atom stereocenters. The SMILES string of the molecule is CSc1nnc(SCC(=O)Nc2ccc(C(C)C)cc2)s1. The van der Waals surface area contributed by atoms with E-state index in [-0.39, 0.29) is 5.91 Å². The summed E-state index contributed by atoms with van der Waals surface area (Å²) in [5.74, 6) is 0.807. The van der Waals surface area contributed by atoms with Gasteiger partial charge in [-0.1, -0.05) is 60.8 Å². The highest BCUT2D eigenvalue weighted by molar-refractivity contribution is 8.03. The molecule has 0 saturated heterocycles. The highest BCUT2D eigenvalue weighted by atomic mass is 32.2. The lowest BCUT2D eigenvalue weighted by Crippen LogP contribution is -2.13. The number of hydrogen-bond donors (Lipinski definition) is 1. The molecule has 7 heteroatoms. The zero-order valence-electron chi connectivity index (χ0n) is 12.1. The van der Waals surface area contributed by atoms with Gasteiger partial charge in [0.15, 0.2) is 8.68 Å². The van der Waals surface area contributed by atoms with Crippen LogP contribution in [0.15, 0.2) is 32.9 Å². The molecule has 0 aliphatic heterocycles. The summed E-state index contributed by atoms with van der Waals surface area (Å²) >= 11 is 4.48. The Hall–Kier alpha value is -1.05. The lowest BCUT2D eigenvalue weighted by molar-refractivity contribution is -0.113. The molecule has 0 fully saturated rings. The van der Waals surface area contributed by atoms with Crippen LogP contribution in [0.4, 0.5) is 5.69 Å². The average molecular weight is 340 g/mol. The summed E-state index contributed by atoms with van der Waals surface area (Å²) in [5, 5.41) is 10.9. The zero-order valence-corrected chi connectivity index (χ0v) is 14.6. The number of thioether (sulfide) groups is 2. The molecule has 1 heterocycles. The Bertz CT molecular complexity index is 596. The van der Waals surface area contributed by atoms with E-state index in [2.05, 4.69) is 29.4 Å². The minimum Gasteiger partial charge on any atom is -0.325 e. The lowest BCUT2D eigenvalue weighted by Gasteiger charge is -2.08. The maximum Gasteiger partial charge on any atom is 0.234 e. The molecular weight excluding hydrogens is 322 g/mol. The first kappa shape index (κ1) is 16.3. The lowest BCUT2D eigenvalue weighted by atomic mass is 10.0. The van der Waals surface area contributed by atoms with Crippen molar-refractivity contribution in [2.24, 2.45) is 0 Å². The Morgan fingerprint density at radius 3 is 2.48 bits per heavy atom. The molecule has 0 aliphatic carbocycles. The quantitative estimate of drug-likeness (QED) is 0.803. The summed E-state index contributed by atoms with van der Waals surface area (Å²) in [4.78, 5) is 11.9. The fourth-order valence-corrected chi connectivity index (χ4v) is 3.85. The molecule has 2 rings (SSSR count). The molecule has 2 aromatic rings. The second-order valence-electron chi connectivity index (χ2n) is 4.65. The Balaban J connectivity index is 1.83. The molecule has 4 nitrogen and oxygen atoms in total. The van der Waals surface area contributed by atoms with Crippen molar-refractivity contribution in [2.45, 2.75) is 28.4 Å². The first-order chi connectivity index (χ1) is 10.1. The largest absolute Gasteiger partial charge is 0.325 e. The highest BCUT2D eigenvalue weighted by Gasteiger charge is 2.08. The van der Waals surface area contributed by atoms with E-state index in [1.54, 1.807) is 11.8 Å². The number of nitrogens with zero attached hydrogens (tertiary/aromatic N) is 2. The second-order valence-corrected chi connectivity index (χ2v) is 7.90. The van der Waals surface area contributed by atoms with Crippen molar-refractivity contribution in [3.8, 4) is 0 Å². The minimum atomic E-state index is -0.0294. The van der Waals surface area contributed by atoms with Gasteiger partial charge in [-0.05, 0) is 29.9 Å². The Labute approximate surface area is 137 Å². The fourth-order valence-electron chi connectivity index (χ4n) is 1.61. The molecule has 1 aromatic carbocycles. The Morgan fingerprint density at radius 2 is 1.90 bits per heavy atom. The Morgan fingerprint density at radius 1 is 1.24 bits per heavy atom. The molecular formula is C14H17N3OS3. The van der Waals surface area contributed by atoms with Gasteiger partial charge in [0.1, 0.15) is 0 Å². The van der Waals surface area contributed by atoms with Crippen LogP contribution in [0.1, 0.15) is 25.3 Å². The standard InChI is InChI=1S/C14H17N3OS3/c1-9(2)10-4-6-11(7-5-10)15-12(18)8-20-14-17-16-13(19-3)21-14/h4-7,9H,8H2,1-3H3,(H,15,18). The van der Waals surface area contributed by atoms with E-state index in [9.17, 15) is 4.79 Å². The van der Waals surface area contributed by atoms with Gasteiger partial charge in [-0.15, -0.1) is 10.2 Å². The van der Waals surface area contributed by atoms with Crippen molar-refractivity contribution in [3.63, 3.8) is 0 Å². The third-order valence-corrected chi connectivity index (χ3v) is 5.78. The van der Waals surface area contributed by atoms with Gasteiger partial charge in [-0.3, -0.25) is 4.79 Å². The van der Waals surface area contributed by atoms with Crippen LogP contribution in [0.3, 0.4) is 0 Å². The van der Waals surface area contributed by atoms with Crippen molar-refractivity contribution in [1.82, 2.24) is 10.2 Å². The number of amides is 1. The van der Waals surface area contributed by atoms with Crippen molar-refractivity contribution in [3.05, 3.63) is 29.8 Å². The first-order valence-corrected chi connectivity index (χ1v) is 9.51. The van der Waals surface area contributed by atoms with Crippen LogP contribution >= 0.6 is 34.9 Å². The van der Waals surface area contributed by atoms with Crippen molar-refractivity contribution < 1.29 is 4.79 Å². The second kappa shape index (κ2) is 7.82. The molecule has 0 radical (unpaired) electrons. The van der Waals surface area contributed by atoms with E-state index in [0.29, 0.717) is 11.7 Å². The summed E-state index contributed by atoms with van der Waals surface area (Å²) < 4.78 is 1.74. The van der Waals surface area contributed by atoms with Crippen LogP contribution in [0.25, 0.3) is 0 Å². The maximum atomic E-state index is 11.9. The third kappa shape index (κ3) is 5.01. The van der Waals surface area contributed by atoms with Gasteiger partial charge in [0, 0.05) is 5.69 Å². The molecule has 0 saturated carbocycles. The monoisotopic (exact) mass is 339 g/mol. The normalized spacial score (nSPS) is 10.9. The molecule has 1 amide bonds. The predicted octanol–water partition coefficient (Wildman–Crippen LogP) is 4.11. The number of nitrogens with one attached hydrogen (secondary N) is 1. The van der Waals surface area contributed by atoms with Gasteiger partial charge in [0.2, 0.25) is 5.91 Å². The number of anilines is 1. The first-order valence-electron chi connectivity index (χ1n) is 6.48. The summed E-state index contributed by atoms with van der Waals surface area (Å²) in [6.45, 7) is 4.30. The van der Waals surface area contributed by atoms with Gasteiger partial charge < -0.3 is 5.32 Å². The average Bonchev–Trinajstić information content (AvgIpc) is 2.94. The minimum absolute atomic E-state index is 0.0294. The van der Waals surface area contributed by atoms with Crippen LogP contribution in [0.5, 0.6) is 0 Å². The van der Waals surface area contributed by atoms with Crippen LogP contribution in [0, 0.1) is 0 Å². The summed E-state index contributed by atoms with van der Waals surface area (Å²) in [5.41, 5.74) is 2.09. The molecule has 112 valence electrons. The van der Waals surface area contributed by atoms with E-state index in [4.69, 9.17) is 0 Å². The van der Waals surface area contributed by atoms with Crippen LogP contribution < -0.4 is 5.32 Å². The predicted molar refractivity (Wildman–Crippen MR) is 91.6 cm³/mol. The van der Waals surface area contributed by atoms with Crippen LogP contribution in [0.2, 0.25) is 0 Å². The molecule has 1 aromatic heterocycles. The van der Waals surface area contributed by atoms with E-state index < -0.39 is 0 Å². The number of hydrogen-bond acceptors (Lipinski definition) is 6. The maximum absolute atomic E-state index is 11.9. The Kier molecular flexibility index (Phi) is 6.08. The van der Waals surface area contributed by atoms with Gasteiger partial charge in [-0.25, -0.2) is 0 Å². The number of rotatable bonds is 6. The van der Waals surface area contributed by atoms with Gasteiger partial charge in [0.05, 0.1) is 5.75 Å². The molecule has 0 bridgehead atoms. The van der Waals surface area contributed by atoms with Crippen molar-refractivity contribution >= 4 is 46.5 Å². The smallest absolute Gasteiger partial charge is 0.234 e. The van der Waals surface area contributed by atoms with E-state index in [1.165, 1.54) is 28.7 Å². The van der Waals surface area contributed by atoms with Gasteiger partial charge in [-0.2, -0.15) is 0 Å². The van der Waals surface area contributed by atoms with Crippen LogP contribution in [-0.2, 0) is 4.79 Å². The number of carbonyl (C=O) groups is 1. The van der Waals surface area contributed by atoms with Crippen molar-refractivity contribution in [2.75, 3.05) is 17.3 Å². The number of aromatic nitrogens is 2. The van der Waals surface area contributed by atoms with E-state index >= 15 is 0 Å². The van der Waals surface area contributed by atoms with E-state index in [0.717, 1.165) is 14.4 Å². The number of carbonyl (C=O) groups excluding carboxylic acids is 1. The van der Waals surface area contributed by atoms with Gasteiger partial charge >= 0.3 is 0 Å². The molecule has 0 unspecified atom stereocenters. The van der Waals surface area contributed by atoms with Crippen LogP contribution in [-0.4, -0.2) is 28.1 Å².